The molecule has 10 N–H and O–H groups in total. The van der Waals surface area contributed by atoms with Gasteiger partial charge in [0, 0.05) is 0 Å². The summed E-state index contributed by atoms with van der Waals surface area (Å²) in [7, 11) is -4.03. The molecule has 0 heterocycles. The summed E-state index contributed by atoms with van der Waals surface area (Å²) in [6.07, 6.45) is 0. The first-order valence-electron chi connectivity index (χ1n) is 6.79. The van der Waals surface area contributed by atoms with Gasteiger partial charge in [-0.15, -0.1) is 0 Å². The number of aryl methyl sites for hydroxylation is 1. The Bertz CT molecular complexity index is 932. The predicted molar refractivity (Wildman–Crippen MR) is 98.7 cm³/mol. The summed E-state index contributed by atoms with van der Waals surface area (Å²) in [5.41, 5.74) is 0.551. The van der Waals surface area contributed by atoms with E-state index in [2.05, 4.69) is 0 Å². The molecule has 0 aromatic heterocycles. The number of hydrogen-bond donors (Lipinski definition) is 10. The zero-order valence-corrected chi connectivity index (χ0v) is 27.8. The van der Waals surface area contributed by atoms with Gasteiger partial charge in [-0.25, -0.2) is 0 Å². The number of hydrogen-bond acceptors (Lipinski definition) is 8. The molecule has 0 radical (unpaired) electrons. The quantitative estimate of drug-likeness (QED) is 0.0711. The average molecular weight is 898 g/mol. The fraction of sp³-hybridized carbons (Fsp3) is 0.143. The van der Waals surface area contributed by atoms with E-state index in [4.69, 9.17) is 64.2 Å². The van der Waals surface area contributed by atoms with Crippen molar-refractivity contribution in [3.8, 4) is 0 Å². The smallest absolute Gasteiger partial charge is 1.00 e. The van der Waals surface area contributed by atoms with Gasteiger partial charge in [0.15, 0.2) is 0 Å². The maximum Gasteiger partial charge on any atom is 1.00 e. The third-order valence-corrected chi connectivity index (χ3v) is 2.39. The Morgan fingerprint density at radius 2 is 0.811 bits per heavy atom. The van der Waals surface area contributed by atoms with Gasteiger partial charge in [0.05, 0.1) is 4.90 Å². The van der Waals surface area contributed by atoms with Gasteiger partial charge in [-0.2, -0.15) is 8.42 Å². The number of benzene rings is 1. The van der Waals surface area contributed by atoms with Crippen LogP contribution in [0, 0.1) is 6.92 Å². The summed E-state index contributed by atoms with van der Waals surface area (Å²) in [5, 5.41) is 0. The molecule has 0 aliphatic heterocycles. The predicted octanol–water partition coefficient (Wildman–Crippen LogP) is -8.35. The second kappa shape index (κ2) is 21.5. The van der Waals surface area contributed by atoms with E-state index in [1.807, 2.05) is 0 Å². The second-order valence-electron chi connectivity index (χ2n) is 4.58. The molecule has 1 aromatic carbocycles. The second-order valence-corrected chi connectivity index (χ2v) is 15.8. The fourth-order valence-electron chi connectivity index (χ4n) is 0.846. The van der Waals surface area contributed by atoms with Crippen molar-refractivity contribution in [1.82, 2.24) is 0 Å². The van der Waals surface area contributed by atoms with E-state index in [0.717, 1.165) is 0 Å². The van der Waals surface area contributed by atoms with Crippen molar-refractivity contribution in [2.45, 2.75) is 11.8 Å². The Balaban J connectivity index is -0.0000000812. The minimum Gasteiger partial charge on any atom is 1.00 e. The number of rotatable bonds is 1. The Hall–Kier alpha value is 0.770. The SMILES string of the molecule is Cc1ccccc1S(=O)(=O)O.O=[As](O)(O)F.O=[As](O)(O)F.O=[As](O)(O)F.O=[As](O)(O)F.O=[As]([O-])(O)F.[Li+]. The van der Waals surface area contributed by atoms with Crippen molar-refractivity contribution >= 4 is 83.3 Å². The minimum atomic E-state index is -5.88. The molecule has 1 atom stereocenters. The molecular formula is C7H17As5F5LiO18S. The van der Waals surface area contributed by atoms with Gasteiger partial charge in [0.25, 0.3) is 10.1 Å². The standard InChI is InChI=1S/C7H8O3S.5AsFH2O3.Li/c1-6-4-2-3-5-7(6)11(8,9)10;5*2-1(3,4)5;/h2-5H,1H3,(H,8,9,10);5*(H2,3,4,5);/q;;;;;;+1/p-1. The Kier molecular flexibility index (Phi) is 29.4. The van der Waals surface area contributed by atoms with Gasteiger partial charge in [0.2, 0.25) is 0 Å². The summed E-state index contributed by atoms with van der Waals surface area (Å²) in [4.78, 5) is -0.0278. The first-order valence-corrected chi connectivity index (χ1v) is 23.9. The molecule has 30 heteroatoms. The summed E-state index contributed by atoms with van der Waals surface area (Å²) in [6.45, 7) is 1.63. The van der Waals surface area contributed by atoms with E-state index >= 15 is 0 Å². The van der Waals surface area contributed by atoms with E-state index in [0.29, 0.717) is 5.56 Å². The van der Waals surface area contributed by atoms with Crippen LogP contribution in [0.1, 0.15) is 5.56 Å². The molecule has 18 nitrogen and oxygen atoms in total. The van der Waals surface area contributed by atoms with Crippen LogP contribution in [-0.2, 0) is 28.8 Å². The van der Waals surface area contributed by atoms with Gasteiger partial charge in [-0.1, -0.05) is 18.2 Å². The van der Waals surface area contributed by atoms with Crippen LogP contribution in [0.25, 0.3) is 0 Å². The van der Waals surface area contributed by atoms with Gasteiger partial charge >= 0.3 is 169 Å². The zero-order chi connectivity index (χ0) is 31.0. The zero-order valence-electron chi connectivity index (χ0n) is 17.6. The molecule has 0 aliphatic rings. The van der Waals surface area contributed by atoms with Crippen LogP contribution in [0.3, 0.4) is 0 Å². The Morgan fingerprint density at radius 3 is 0.919 bits per heavy atom. The molecule has 0 aliphatic carbocycles. The van der Waals surface area contributed by atoms with E-state index in [-0.39, 0.29) is 23.8 Å². The molecule has 1 aromatic rings. The van der Waals surface area contributed by atoms with Crippen LogP contribution in [-0.4, -0.2) is 123 Å². The molecule has 0 spiro atoms. The first kappa shape index (κ1) is 50.6. The molecule has 0 bridgehead atoms. The van der Waals surface area contributed by atoms with E-state index in [9.17, 15) is 25.8 Å². The maximum atomic E-state index is 10.6. The average Bonchev–Trinajstić information content (AvgIpc) is 2.36. The van der Waals surface area contributed by atoms with Crippen molar-refractivity contribution < 1.29 is 109 Å². The molecule has 0 saturated carbocycles. The molecular weight excluding hydrogens is 881 g/mol. The summed E-state index contributed by atoms with van der Waals surface area (Å²) in [6, 6.07) is 6.27. The van der Waals surface area contributed by atoms with Crippen LogP contribution < -0.4 is 23.0 Å². The molecule has 1 rings (SSSR count). The third-order valence-electron chi connectivity index (χ3n) is 1.37. The van der Waals surface area contributed by atoms with Crippen LogP contribution in [0.5, 0.6) is 0 Å². The van der Waals surface area contributed by atoms with Gasteiger partial charge < -0.3 is 0 Å². The van der Waals surface area contributed by atoms with Crippen molar-refractivity contribution in [2.24, 2.45) is 0 Å². The summed E-state index contributed by atoms with van der Waals surface area (Å²) >= 11 is -28.4. The van der Waals surface area contributed by atoms with Gasteiger partial charge in [0.1, 0.15) is 0 Å². The Morgan fingerprint density at radius 1 is 0.649 bits per heavy atom. The fourth-order valence-corrected chi connectivity index (χ4v) is 1.57. The van der Waals surface area contributed by atoms with Crippen molar-refractivity contribution in [2.75, 3.05) is 0 Å². The molecule has 220 valence electrons. The maximum absolute atomic E-state index is 10.6. The molecule has 0 saturated heterocycles. The van der Waals surface area contributed by atoms with E-state index in [1.54, 1.807) is 25.1 Å². The van der Waals surface area contributed by atoms with Gasteiger partial charge in [-0.05, 0) is 18.6 Å². The van der Waals surface area contributed by atoms with Crippen molar-refractivity contribution in [3.63, 3.8) is 0 Å². The van der Waals surface area contributed by atoms with Crippen molar-refractivity contribution in [3.05, 3.63) is 29.8 Å². The van der Waals surface area contributed by atoms with Crippen molar-refractivity contribution in [1.29, 1.82) is 0 Å². The van der Waals surface area contributed by atoms with E-state index in [1.165, 1.54) is 6.07 Å². The summed E-state index contributed by atoms with van der Waals surface area (Å²) in [5.74, 6) is 0. The number of halogens is 5. The normalized spacial score (nSPS) is 12.7. The third kappa shape index (κ3) is 141. The Labute approximate surface area is 232 Å². The summed E-state index contributed by atoms with van der Waals surface area (Å²) < 4.78 is 197. The van der Waals surface area contributed by atoms with E-state index < -0.39 is 83.3 Å². The topological polar surface area (TPSA) is 345 Å². The van der Waals surface area contributed by atoms with Crippen LogP contribution >= 0.6 is 0 Å². The first-order chi connectivity index (χ1) is 15.0. The van der Waals surface area contributed by atoms with Crippen LogP contribution in [0.15, 0.2) is 29.2 Å². The van der Waals surface area contributed by atoms with Crippen LogP contribution in [0.2, 0.25) is 0 Å². The molecule has 1 unspecified atom stereocenters. The van der Waals surface area contributed by atoms with Crippen LogP contribution in [0.4, 0.5) is 17.3 Å². The van der Waals surface area contributed by atoms with Gasteiger partial charge in [-0.3, -0.25) is 4.55 Å². The largest absolute Gasteiger partial charge is 1.00 e. The minimum absolute atomic E-state index is 0. The molecule has 37 heavy (non-hydrogen) atoms. The molecule has 0 fully saturated rings. The molecule has 0 amide bonds. The monoisotopic (exact) mass is 898 g/mol.